The van der Waals surface area contributed by atoms with Crippen molar-refractivity contribution < 1.29 is 0 Å². The average molecular weight is 305 g/mol. The summed E-state index contributed by atoms with van der Waals surface area (Å²) in [6.45, 7) is 3.99. The number of hydrogen-bond donors (Lipinski definition) is 1. The van der Waals surface area contributed by atoms with Crippen LogP contribution in [-0.4, -0.2) is 28.5 Å². The van der Waals surface area contributed by atoms with Crippen molar-refractivity contribution in [2.24, 2.45) is 0 Å². The van der Waals surface area contributed by atoms with E-state index in [0.29, 0.717) is 5.13 Å². The number of nitrogens with zero attached hydrogens (tertiary/aromatic N) is 3. The molecule has 2 heterocycles. The summed E-state index contributed by atoms with van der Waals surface area (Å²) in [5.41, 5.74) is 5.60. The van der Waals surface area contributed by atoms with Crippen molar-refractivity contribution in [3.8, 4) is 0 Å². The van der Waals surface area contributed by atoms with Crippen molar-refractivity contribution in [3.05, 3.63) is 27.2 Å². The van der Waals surface area contributed by atoms with Gasteiger partial charge in [0.05, 0.1) is 5.01 Å². The molecular weight excluding hydrogens is 288 g/mol. The second-order valence-electron chi connectivity index (χ2n) is 4.02. The van der Waals surface area contributed by atoms with Crippen molar-refractivity contribution in [3.63, 3.8) is 0 Å². The molecule has 0 saturated carbocycles. The molecule has 0 radical (unpaired) electrons. The summed E-state index contributed by atoms with van der Waals surface area (Å²) < 4.78 is 0. The van der Waals surface area contributed by atoms with Gasteiger partial charge in [-0.25, -0.2) is 9.97 Å². The Labute approximate surface area is 121 Å². The second kappa shape index (κ2) is 7.04. The van der Waals surface area contributed by atoms with E-state index < -0.39 is 0 Å². The van der Waals surface area contributed by atoms with E-state index in [9.17, 15) is 0 Å². The van der Waals surface area contributed by atoms with E-state index in [1.165, 1.54) is 14.8 Å². The number of aryl methyl sites for hydroxylation is 1. The van der Waals surface area contributed by atoms with Gasteiger partial charge in [-0.2, -0.15) is 0 Å². The maximum Gasteiger partial charge on any atom is 0.180 e. The minimum Gasteiger partial charge on any atom is -0.375 e. The number of nitrogens with two attached hydrogens (primary N) is 1. The first-order valence-electron chi connectivity index (χ1n) is 5.43. The molecule has 7 heteroatoms. The zero-order chi connectivity index (χ0) is 12.3. The van der Waals surface area contributed by atoms with Crippen LogP contribution in [-0.2, 0) is 13.0 Å². The highest BCUT2D eigenvalue weighted by molar-refractivity contribution is 7.15. The summed E-state index contributed by atoms with van der Waals surface area (Å²) >= 11 is 3.33. The standard InChI is InChI=1S/C11H16N4S2.ClH/c1-8-5-13-10(16-8)3-4-15(2)7-9-6-14-11(12)17-9;/h5-6H,3-4,7H2,1-2H3,(H2,12,14);1H. The summed E-state index contributed by atoms with van der Waals surface area (Å²) in [6.07, 6.45) is 4.79. The van der Waals surface area contributed by atoms with Gasteiger partial charge in [-0.05, 0) is 14.0 Å². The Kier molecular flexibility index (Phi) is 6.01. The summed E-state index contributed by atoms with van der Waals surface area (Å²) in [7, 11) is 2.11. The molecule has 0 aliphatic rings. The lowest BCUT2D eigenvalue weighted by Gasteiger charge is -2.13. The fourth-order valence-corrected chi connectivity index (χ4v) is 3.08. The fourth-order valence-electron chi connectivity index (χ4n) is 1.54. The van der Waals surface area contributed by atoms with Gasteiger partial charge in [0.15, 0.2) is 5.13 Å². The van der Waals surface area contributed by atoms with Crippen LogP contribution >= 0.6 is 35.1 Å². The van der Waals surface area contributed by atoms with E-state index in [2.05, 4.69) is 28.8 Å². The SMILES string of the molecule is Cc1cnc(CCN(C)Cc2cnc(N)s2)s1.Cl. The number of rotatable bonds is 5. The predicted octanol–water partition coefficient (Wildman–Crippen LogP) is 2.59. The molecule has 0 aliphatic carbocycles. The first-order valence-corrected chi connectivity index (χ1v) is 7.07. The number of hydrogen-bond acceptors (Lipinski definition) is 6. The Balaban J connectivity index is 0.00000162. The Bertz CT molecular complexity index is 483. The molecule has 0 saturated heterocycles. The predicted molar refractivity (Wildman–Crippen MR) is 80.7 cm³/mol. The number of nitrogen functional groups attached to an aromatic ring is 1. The van der Waals surface area contributed by atoms with Crippen LogP contribution in [0.2, 0.25) is 0 Å². The van der Waals surface area contributed by atoms with Crippen LogP contribution in [0.4, 0.5) is 5.13 Å². The Morgan fingerprint density at radius 2 is 2.06 bits per heavy atom. The summed E-state index contributed by atoms with van der Waals surface area (Å²) in [5, 5.41) is 1.85. The van der Waals surface area contributed by atoms with E-state index in [0.717, 1.165) is 19.5 Å². The van der Waals surface area contributed by atoms with E-state index in [1.807, 2.05) is 12.4 Å². The first-order chi connectivity index (χ1) is 8.13. The lowest BCUT2D eigenvalue weighted by atomic mass is 10.4. The number of thiazole rings is 2. The highest BCUT2D eigenvalue weighted by Gasteiger charge is 2.05. The first kappa shape index (κ1) is 15.4. The van der Waals surface area contributed by atoms with Crippen LogP contribution in [0.3, 0.4) is 0 Å². The molecule has 0 amide bonds. The van der Waals surface area contributed by atoms with Crippen LogP contribution in [0.15, 0.2) is 12.4 Å². The highest BCUT2D eigenvalue weighted by atomic mass is 35.5. The van der Waals surface area contributed by atoms with Gasteiger partial charge >= 0.3 is 0 Å². The van der Waals surface area contributed by atoms with E-state index in [1.54, 1.807) is 22.7 Å². The molecule has 0 atom stereocenters. The number of anilines is 1. The van der Waals surface area contributed by atoms with Crippen molar-refractivity contribution >= 4 is 40.2 Å². The topological polar surface area (TPSA) is 55.0 Å². The van der Waals surface area contributed by atoms with E-state index >= 15 is 0 Å². The lowest BCUT2D eigenvalue weighted by molar-refractivity contribution is 0.334. The Hall–Kier alpha value is -0.690. The Morgan fingerprint density at radius 3 is 2.61 bits per heavy atom. The third-order valence-corrected chi connectivity index (χ3v) is 4.16. The monoisotopic (exact) mass is 304 g/mol. The summed E-state index contributed by atoms with van der Waals surface area (Å²) in [5.74, 6) is 0. The normalized spacial score (nSPS) is 10.6. The van der Waals surface area contributed by atoms with Crippen LogP contribution in [0.5, 0.6) is 0 Å². The van der Waals surface area contributed by atoms with Gasteiger partial charge in [0.25, 0.3) is 0 Å². The zero-order valence-electron chi connectivity index (χ0n) is 10.4. The third-order valence-electron chi connectivity index (χ3n) is 2.37. The summed E-state index contributed by atoms with van der Waals surface area (Å²) in [4.78, 5) is 13.2. The van der Waals surface area contributed by atoms with E-state index in [-0.39, 0.29) is 12.4 Å². The molecule has 2 aromatic rings. The molecule has 100 valence electrons. The molecule has 2 aromatic heterocycles. The summed E-state index contributed by atoms with van der Waals surface area (Å²) in [6, 6.07) is 0. The molecule has 0 unspecified atom stereocenters. The smallest absolute Gasteiger partial charge is 0.180 e. The van der Waals surface area contributed by atoms with Crippen LogP contribution in [0.25, 0.3) is 0 Å². The van der Waals surface area contributed by atoms with Crippen molar-refractivity contribution in [2.75, 3.05) is 19.3 Å². The minimum atomic E-state index is 0. The third kappa shape index (κ3) is 4.53. The van der Waals surface area contributed by atoms with Gasteiger partial charge in [-0.1, -0.05) is 0 Å². The number of aromatic nitrogens is 2. The van der Waals surface area contributed by atoms with E-state index in [4.69, 9.17) is 5.73 Å². The molecule has 0 spiro atoms. The maximum absolute atomic E-state index is 5.60. The van der Waals surface area contributed by atoms with Gasteiger partial charge in [0.2, 0.25) is 0 Å². The van der Waals surface area contributed by atoms with Crippen LogP contribution < -0.4 is 5.73 Å². The van der Waals surface area contributed by atoms with Gasteiger partial charge in [-0.15, -0.1) is 35.1 Å². The van der Waals surface area contributed by atoms with Gasteiger partial charge in [-0.3, -0.25) is 0 Å². The second-order valence-corrected chi connectivity index (χ2v) is 6.48. The van der Waals surface area contributed by atoms with Crippen LogP contribution in [0, 0.1) is 6.92 Å². The Morgan fingerprint density at radius 1 is 1.28 bits per heavy atom. The van der Waals surface area contributed by atoms with Gasteiger partial charge in [0.1, 0.15) is 0 Å². The van der Waals surface area contributed by atoms with Gasteiger partial charge < -0.3 is 10.6 Å². The molecule has 4 nitrogen and oxygen atoms in total. The molecule has 0 fully saturated rings. The fraction of sp³-hybridized carbons (Fsp3) is 0.455. The molecule has 2 N–H and O–H groups in total. The average Bonchev–Trinajstić information content (AvgIpc) is 2.85. The highest BCUT2D eigenvalue weighted by Crippen LogP contribution is 2.16. The van der Waals surface area contributed by atoms with Gasteiger partial charge in [0, 0.05) is 41.7 Å². The molecule has 0 bridgehead atoms. The molecule has 18 heavy (non-hydrogen) atoms. The van der Waals surface area contributed by atoms with Crippen LogP contribution in [0.1, 0.15) is 14.8 Å². The quantitative estimate of drug-likeness (QED) is 0.922. The zero-order valence-corrected chi connectivity index (χ0v) is 12.9. The lowest BCUT2D eigenvalue weighted by Crippen LogP contribution is -2.20. The molecule has 0 aromatic carbocycles. The molecule has 0 aliphatic heterocycles. The number of halogens is 1. The number of likely N-dealkylation sites (N-methyl/N-ethyl adjacent to an activating group) is 1. The van der Waals surface area contributed by atoms with Crippen molar-refractivity contribution in [2.45, 2.75) is 19.9 Å². The van der Waals surface area contributed by atoms with Crippen molar-refractivity contribution in [1.29, 1.82) is 0 Å². The molecule has 2 rings (SSSR count). The minimum absolute atomic E-state index is 0. The maximum atomic E-state index is 5.60. The largest absolute Gasteiger partial charge is 0.375 e. The van der Waals surface area contributed by atoms with Crippen molar-refractivity contribution in [1.82, 2.24) is 14.9 Å². The molecular formula is C11H17ClN4S2.